The zero-order valence-electron chi connectivity index (χ0n) is 45.2. The number of amides is 2. The van der Waals surface area contributed by atoms with Crippen LogP contribution in [0.2, 0.25) is 0 Å². The molecule has 3 N–H and O–H groups in total. The number of fused-ring (bicyclic) bond motifs is 4. The van der Waals surface area contributed by atoms with Gasteiger partial charge in [0.1, 0.15) is 42.2 Å². The summed E-state index contributed by atoms with van der Waals surface area (Å²) in [5.41, 5.74) is -7.11. The molecule has 1 spiro atoms. The number of nitrogens with one attached hydrogen (secondary N) is 2. The Kier molecular flexibility index (Phi) is 16.5. The molecule has 0 aromatic heterocycles. The van der Waals surface area contributed by atoms with E-state index in [0.29, 0.717) is 0 Å². The molecule has 8 rings (SSSR count). The number of benzene rings is 3. The molecule has 4 fully saturated rings. The number of esters is 6. The van der Waals surface area contributed by atoms with Crippen LogP contribution in [0.25, 0.3) is 0 Å². The van der Waals surface area contributed by atoms with Gasteiger partial charge < -0.3 is 58.4 Å². The lowest BCUT2D eigenvalue weighted by Gasteiger charge is -2.64. The van der Waals surface area contributed by atoms with E-state index in [-0.39, 0.29) is 54.9 Å². The molecule has 21 heteroatoms. The normalized spacial score (nSPS) is 27.8. The summed E-state index contributed by atoms with van der Waals surface area (Å²) < 4.78 is 52.8. The maximum absolute atomic E-state index is 15.8. The van der Waals surface area contributed by atoms with Crippen molar-refractivity contribution in [2.75, 3.05) is 19.8 Å². The fourth-order valence-electron chi connectivity index (χ4n) is 11.9. The van der Waals surface area contributed by atoms with Gasteiger partial charge in [-0.1, -0.05) is 92.7 Å². The molecule has 1 saturated heterocycles. The summed E-state index contributed by atoms with van der Waals surface area (Å²) in [6.07, 6.45) is -10.4. The molecule has 2 bridgehead atoms. The molecule has 11 atom stereocenters. The summed E-state index contributed by atoms with van der Waals surface area (Å²) in [7, 11) is 0. The summed E-state index contributed by atoms with van der Waals surface area (Å²) in [4.78, 5) is 125. The molecule has 3 aromatic rings. The average Bonchev–Trinajstić information content (AvgIpc) is 3.09. The van der Waals surface area contributed by atoms with Gasteiger partial charge in [0.05, 0.1) is 24.5 Å². The molecule has 1 heterocycles. The molecule has 1 unspecified atom stereocenters. The van der Waals surface area contributed by atoms with Crippen LogP contribution in [-0.4, -0.2) is 126 Å². The Balaban J connectivity index is 1.16. The van der Waals surface area contributed by atoms with E-state index in [4.69, 9.17) is 42.6 Å². The minimum Gasteiger partial charge on any atom is -0.455 e. The highest BCUT2D eigenvalue weighted by molar-refractivity contribution is 5.98. The van der Waals surface area contributed by atoms with Crippen LogP contribution in [0, 0.1) is 22.7 Å². The van der Waals surface area contributed by atoms with Crippen molar-refractivity contribution in [3.63, 3.8) is 0 Å². The maximum Gasteiger partial charge on any atom is 0.408 e. The minimum atomic E-state index is -2.40. The van der Waals surface area contributed by atoms with Crippen molar-refractivity contribution in [2.45, 2.75) is 141 Å². The van der Waals surface area contributed by atoms with Gasteiger partial charge in [-0.3, -0.25) is 19.2 Å². The fraction of sp³-hybridized carbons (Fsp3) is 0.500. The number of ether oxygens (including phenoxy) is 9. The standard InChI is InChI=1S/C58H66N2O19/c1-32-39(75-51(67)46(44(36-20-14-10-15-21-36)60-53(69)79-54(4,5)6)76-42(64)30-71-41(63)24-25-59-52(68)72-29-35-18-12-9-13-19-35)28-58(70)49(77-50(66)37-22-16-11-17-23-37)47-56(48(65)45(74-33(2)61)43(32)55(58,7)8)27-38(56)26-40-57(47,31-73-40)78-34(3)62/h9-23,38-40,44-47,49,70H,24-31H2,1-8H3,(H,59,68)(H,60,69)/t38-,39?,40-,44+,45-,46-,47+,49+,56-,57+,58-/m1/s1. The predicted molar refractivity (Wildman–Crippen MR) is 274 cm³/mol. The van der Waals surface area contributed by atoms with E-state index in [2.05, 4.69) is 10.6 Å². The van der Waals surface area contributed by atoms with Crippen LogP contribution < -0.4 is 10.6 Å². The van der Waals surface area contributed by atoms with Gasteiger partial charge in [0.15, 0.2) is 24.1 Å². The largest absolute Gasteiger partial charge is 0.455 e. The van der Waals surface area contributed by atoms with Crippen molar-refractivity contribution < 1.29 is 90.9 Å². The molecule has 3 saturated carbocycles. The first-order chi connectivity index (χ1) is 37.3. The number of carbonyl (C=O) groups excluding carboxylic acids is 9. The van der Waals surface area contributed by atoms with E-state index in [1.54, 1.807) is 95.3 Å². The first-order valence-electron chi connectivity index (χ1n) is 26.1. The van der Waals surface area contributed by atoms with Gasteiger partial charge in [-0.25, -0.2) is 24.0 Å². The summed E-state index contributed by atoms with van der Waals surface area (Å²) in [5.74, 6) is -8.47. The van der Waals surface area contributed by atoms with Crippen LogP contribution in [0.15, 0.2) is 102 Å². The first-order valence-corrected chi connectivity index (χ1v) is 26.1. The van der Waals surface area contributed by atoms with Gasteiger partial charge in [0.25, 0.3) is 0 Å². The first kappa shape index (κ1) is 57.5. The molecular weight excluding hydrogens is 1030 g/mol. The van der Waals surface area contributed by atoms with Crippen LogP contribution in [0.3, 0.4) is 0 Å². The van der Waals surface area contributed by atoms with E-state index >= 15 is 9.59 Å². The Morgan fingerprint density at radius 1 is 0.797 bits per heavy atom. The molecule has 79 heavy (non-hydrogen) atoms. The van der Waals surface area contributed by atoms with Crippen molar-refractivity contribution in [3.8, 4) is 0 Å². The minimum absolute atomic E-state index is 0.0227. The van der Waals surface area contributed by atoms with Crippen LogP contribution >= 0.6 is 0 Å². The van der Waals surface area contributed by atoms with Gasteiger partial charge >= 0.3 is 48.0 Å². The SMILES string of the molecule is CC(=O)O[C@H]1C(=O)[C@]23C[C@H]2C[C@H]2OC[C@@]2(OC(C)=O)[C@H]3[C@H](OC(=O)c2ccccc2)[C@]2(O)CC(OC(=O)[C@H](OC(=O)COC(=O)CCNC(=O)OCc3ccccc3)[C@@H](NC(=O)OC(C)(C)C)c3ccccc3)C(C)=C1C2(C)C. The summed E-state index contributed by atoms with van der Waals surface area (Å²) in [6.45, 7) is 10.2. The number of Topliss-reactive ketones (excluding diaryl/α,β-unsaturated/α-hetero) is 1. The highest BCUT2D eigenvalue weighted by atomic mass is 16.6. The lowest BCUT2D eigenvalue weighted by molar-refractivity contribution is -0.323. The monoisotopic (exact) mass is 1090 g/mol. The van der Waals surface area contributed by atoms with Crippen LogP contribution in [0.5, 0.6) is 0 Å². The summed E-state index contributed by atoms with van der Waals surface area (Å²) in [6, 6.07) is 23.1. The van der Waals surface area contributed by atoms with E-state index in [1.807, 2.05) is 6.07 Å². The van der Waals surface area contributed by atoms with Gasteiger partial charge in [-0.15, -0.1) is 0 Å². The smallest absolute Gasteiger partial charge is 0.408 e. The third kappa shape index (κ3) is 11.7. The zero-order valence-corrected chi connectivity index (χ0v) is 45.2. The zero-order chi connectivity index (χ0) is 57.2. The molecule has 422 valence electrons. The highest BCUT2D eigenvalue weighted by Crippen LogP contribution is 2.74. The Morgan fingerprint density at radius 3 is 2.05 bits per heavy atom. The number of aliphatic hydroxyl groups is 1. The van der Waals surface area contributed by atoms with Crippen LogP contribution in [-0.2, 0) is 78.0 Å². The summed E-state index contributed by atoms with van der Waals surface area (Å²) in [5, 5.41) is 19.0. The number of ketones is 1. The van der Waals surface area contributed by atoms with Crippen molar-refractivity contribution in [2.24, 2.45) is 22.7 Å². The number of carbonyl (C=O) groups is 9. The van der Waals surface area contributed by atoms with Crippen molar-refractivity contribution in [1.82, 2.24) is 10.6 Å². The topological polar surface area (TPSA) is 281 Å². The Bertz CT molecular complexity index is 2890. The van der Waals surface area contributed by atoms with E-state index < -0.39 is 149 Å². The Hall–Kier alpha value is -7.65. The third-order valence-electron chi connectivity index (χ3n) is 15.6. The maximum atomic E-state index is 15.8. The lowest BCUT2D eigenvalue weighted by atomic mass is 9.48. The number of hydrogen-bond acceptors (Lipinski definition) is 19. The number of alkyl carbamates (subject to hydrolysis) is 2. The number of rotatable bonds is 17. The molecule has 21 nitrogen and oxygen atoms in total. The molecule has 1 aliphatic heterocycles. The second-order valence-electron chi connectivity index (χ2n) is 22.2. The average molecular weight is 1100 g/mol. The van der Waals surface area contributed by atoms with Gasteiger partial charge in [0, 0.05) is 37.6 Å². The number of hydrogen-bond donors (Lipinski definition) is 3. The van der Waals surface area contributed by atoms with Gasteiger partial charge in [0.2, 0.25) is 6.10 Å². The highest BCUT2D eigenvalue weighted by Gasteiger charge is 2.84. The molecule has 0 radical (unpaired) electrons. The fourth-order valence-corrected chi connectivity index (χ4v) is 11.9. The molecule has 4 aliphatic carbocycles. The molecule has 2 amide bonds. The van der Waals surface area contributed by atoms with Gasteiger partial charge in [-0.2, -0.15) is 0 Å². The van der Waals surface area contributed by atoms with Gasteiger partial charge in [-0.05, 0) is 80.9 Å². The molecule has 5 aliphatic rings. The Morgan fingerprint density at radius 2 is 1.44 bits per heavy atom. The van der Waals surface area contributed by atoms with Crippen molar-refractivity contribution >= 4 is 53.8 Å². The second kappa shape index (κ2) is 22.6. The summed E-state index contributed by atoms with van der Waals surface area (Å²) >= 11 is 0. The van der Waals surface area contributed by atoms with E-state index in [0.717, 1.165) is 12.5 Å². The molecule has 3 aromatic carbocycles. The van der Waals surface area contributed by atoms with E-state index in [9.17, 15) is 38.7 Å². The van der Waals surface area contributed by atoms with Crippen molar-refractivity contribution in [1.29, 1.82) is 0 Å². The van der Waals surface area contributed by atoms with Crippen LogP contribution in [0.4, 0.5) is 9.59 Å². The van der Waals surface area contributed by atoms with Crippen LogP contribution in [0.1, 0.15) is 109 Å². The van der Waals surface area contributed by atoms with Crippen molar-refractivity contribution in [3.05, 3.63) is 119 Å². The van der Waals surface area contributed by atoms with E-state index in [1.165, 1.54) is 38.1 Å². The second-order valence-corrected chi connectivity index (χ2v) is 22.2. The quantitative estimate of drug-likeness (QED) is 0.0808. The predicted octanol–water partition coefficient (Wildman–Crippen LogP) is 5.88. The Labute approximate surface area is 456 Å². The third-order valence-corrected chi connectivity index (χ3v) is 15.6. The lowest BCUT2D eigenvalue weighted by Crippen LogP contribution is -2.78. The molecular formula is C58H66N2O19.